The van der Waals surface area contributed by atoms with Gasteiger partial charge in [0.05, 0.1) is 9.79 Å². The van der Waals surface area contributed by atoms with Crippen molar-refractivity contribution in [2.45, 2.75) is 14.7 Å². The normalized spacial score (nSPS) is 12.2. The van der Waals surface area contributed by atoms with Crippen LogP contribution in [0.2, 0.25) is 0 Å². The molecule has 28 heavy (non-hydrogen) atoms. The number of carbonyl (C=O) groups is 1. The van der Waals surface area contributed by atoms with E-state index in [-0.39, 0.29) is 114 Å². The molecule has 1 amide bonds. The Bertz CT molecular complexity index is 1070. The van der Waals surface area contributed by atoms with Gasteiger partial charge in [-0.15, -0.1) is 0 Å². The molecule has 140 valence electrons. The Hall–Kier alpha value is 1.15. The molecule has 0 spiro atoms. The summed E-state index contributed by atoms with van der Waals surface area (Å²) in [6.07, 6.45) is 1.41. The topological polar surface area (TPSA) is 161 Å². The predicted molar refractivity (Wildman–Crippen MR) is 89.1 cm³/mol. The van der Waals surface area contributed by atoms with E-state index in [1.54, 1.807) is 0 Å². The Morgan fingerprint density at radius 3 is 1.86 bits per heavy atom. The molecule has 1 N–H and O–H groups in total. The summed E-state index contributed by atoms with van der Waals surface area (Å²) in [6, 6.07) is 7.59. The molecule has 2 aromatic rings. The third-order valence-electron chi connectivity index (χ3n) is 3.14. The van der Waals surface area contributed by atoms with Crippen molar-refractivity contribution >= 4 is 42.6 Å². The number of hydrogen-bond donors (Lipinski definition) is 1. The first-order valence-corrected chi connectivity index (χ1v) is 11.1. The number of rotatable bonds is 5. The van der Waals surface area contributed by atoms with Crippen molar-refractivity contribution in [2.75, 3.05) is 11.6 Å². The van der Waals surface area contributed by atoms with E-state index in [4.69, 9.17) is 0 Å². The monoisotopic (exact) mass is 495 g/mol. The van der Waals surface area contributed by atoms with Gasteiger partial charge in [-0.2, -0.15) is 0 Å². The molecular weight excluding hydrogens is 485 g/mol. The summed E-state index contributed by atoms with van der Waals surface area (Å²) in [4.78, 5) is 10.6. The molecule has 2 rings (SSSR count). The number of hydrogen-bond acceptors (Lipinski definition) is 8. The summed E-state index contributed by atoms with van der Waals surface area (Å²) in [6.45, 7) is 0. The molecule has 0 aliphatic carbocycles. The van der Waals surface area contributed by atoms with Crippen LogP contribution in [-0.2, 0) is 31.0 Å². The molecule has 0 saturated carbocycles. The third kappa shape index (κ3) is 8.35. The molecule has 0 aliphatic heterocycles. The van der Waals surface area contributed by atoms with E-state index in [2.05, 4.69) is 5.32 Å². The second-order valence-corrected chi connectivity index (χ2v) is 9.18. The van der Waals surface area contributed by atoms with E-state index >= 15 is 0 Å². The maximum atomic E-state index is 12.2. The van der Waals surface area contributed by atoms with Crippen molar-refractivity contribution in [3.05, 3.63) is 48.0 Å². The molecule has 1 atom stereocenters. The fraction of sp³-hybridized carbons (Fsp3) is 0.0714. The first kappa shape index (κ1) is 29.2. The third-order valence-corrected chi connectivity index (χ3v) is 5.69. The zero-order chi connectivity index (χ0) is 19.7. The number of anilines is 1. The van der Waals surface area contributed by atoms with Crippen molar-refractivity contribution in [3.63, 3.8) is 0 Å². The molecular formula is C14H11K2NO8S3. The number of benzene rings is 2. The van der Waals surface area contributed by atoms with Crippen LogP contribution in [-0.4, -0.2) is 42.3 Å². The van der Waals surface area contributed by atoms with E-state index < -0.39 is 46.7 Å². The van der Waals surface area contributed by atoms with Crippen molar-refractivity contribution in [3.8, 4) is 0 Å². The number of nitrogens with one attached hydrogen (secondary N) is 1. The molecule has 1 unspecified atom stereocenters. The van der Waals surface area contributed by atoms with Gasteiger partial charge in [-0.3, -0.25) is 9.00 Å². The Morgan fingerprint density at radius 1 is 0.929 bits per heavy atom. The van der Waals surface area contributed by atoms with Gasteiger partial charge in [0.1, 0.15) is 20.2 Å². The average Bonchev–Trinajstić information content (AvgIpc) is 2.53. The first-order chi connectivity index (χ1) is 11.9. The molecule has 14 heteroatoms. The Morgan fingerprint density at radius 2 is 1.43 bits per heavy atom. The Labute approximate surface area is 249 Å². The summed E-state index contributed by atoms with van der Waals surface area (Å²) >= 11 is 0. The minimum absolute atomic E-state index is 0. The zero-order valence-electron chi connectivity index (χ0n) is 15.0. The standard InChI is InChI=1S/C14H13NO8S3.2K/c1-24(17)11-4-2-3-9(5-11)14(16)15-10-6-12(25(18,19)20)8-13(7-10)26(21,22)23;;/h2-8H,1H3,(H,15,16)(H,18,19,20)(H,21,22,23);;/q;2*+1/p-2. The molecule has 0 fully saturated rings. The van der Waals surface area contributed by atoms with Gasteiger partial charge in [-0.25, -0.2) is 16.8 Å². The van der Waals surface area contributed by atoms with Gasteiger partial charge in [0.2, 0.25) is 0 Å². The molecule has 0 heterocycles. The molecule has 2 aromatic carbocycles. The second-order valence-electron chi connectivity index (χ2n) is 5.04. The van der Waals surface area contributed by atoms with Crippen LogP contribution in [0.1, 0.15) is 10.4 Å². The van der Waals surface area contributed by atoms with Gasteiger partial charge in [-0.05, 0) is 36.4 Å². The van der Waals surface area contributed by atoms with Crippen LogP contribution in [0.3, 0.4) is 0 Å². The van der Waals surface area contributed by atoms with Crippen LogP contribution < -0.4 is 108 Å². The van der Waals surface area contributed by atoms with Crippen LogP contribution in [0.25, 0.3) is 0 Å². The van der Waals surface area contributed by atoms with Crippen LogP contribution in [0.15, 0.2) is 57.2 Å². The fourth-order valence-corrected chi connectivity index (χ4v) is 3.67. The Kier molecular flexibility index (Phi) is 12.2. The summed E-state index contributed by atoms with van der Waals surface area (Å²) in [7, 11) is -11.5. The smallest absolute Gasteiger partial charge is 0.744 e. The maximum Gasteiger partial charge on any atom is 1.00 e. The summed E-state index contributed by atoms with van der Waals surface area (Å²) in [5, 5.41) is 2.20. The molecule has 0 saturated heterocycles. The van der Waals surface area contributed by atoms with Gasteiger partial charge in [0.15, 0.2) is 0 Å². The minimum Gasteiger partial charge on any atom is -0.744 e. The summed E-state index contributed by atoms with van der Waals surface area (Å²) < 4.78 is 78.3. The zero-order valence-corrected chi connectivity index (χ0v) is 23.7. The van der Waals surface area contributed by atoms with Gasteiger partial charge in [-0.1, -0.05) is 6.07 Å². The SMILES string of the molecule is CS(=O)c1cccc(C(=O)Nc2cc(S(=O)(=O)[O-])cc(S(=O)(=O)[O-])c2)c1.[K+].[K+]. The van der Waals surface area contributed by atoms with Crippen LogP contribution in [0.5, 0.6) is 0 Å². The Balaban J connectivity index is 0.00000364. The quantitative estimate of drug-likeness (QED) is 0.317. The van der Waals surface area contributed by atoms with Crippen molar-refractivity contribution < 1.29 is 138 Å². The molecule has 0 bridgehead atoms. The fourth-order valence-electron chi connectivity index (χ4n) is 1.95. The number of carbonyl (C=O) groups excluding carboxylic acids is 1. The van der Waals surface area contributed by atoms with E-state index in [1.807, 2.05) is 0 Å². The van der Waals surface area contributed by atoms with Crippen molar-refractivity contribution in [1.82, 2.24) is 0 Å². The van der Waals surface area contributed by atoms with E-state index in [0.717, 1.165) is 12.1 Å². The van der Waals surface area contributed by atoms with Crippen LogP contribution in [0, 0.1) is 0 Å². The summed E-state index contributed by atoms with van der Waals surface area (Å²) in [5.41, 5.74) is -0.316. The minimum atomic E-state index is -5.07. The molecule has 0 aliphatic rings. The second kappa shape index (κ2) is 11.7. The van der Waals surface area contributed by atoms with E-state index in [0.29, 0.717) is 11.0 Å². The van der Waals surface area contributed by atoms with Crippen LogP contribution in [0.4, 0.5) is 5.69 Å². The maximum absolute atomic E-state index is 12.2. The van der Waals surface area contributed by atoms with Gasteiger partial charge >= 0.3 is 103 Å². The summed E-state index contributed by atoms with van der Waals surface area (Å²) in [5.74, 6) is -0.785. The molecule has 0 aromatic heterocycles. The van der Waals surface area contributed by atoms with Gasteiger partial charge in [0.25, 0.3) is 5.91 Å². The largest absolute Gasteiger partial charge is 1.00 e. The van der Waals surface area contributed by atoms with Crippen molar-refractivity contribution in [2.24, 2.45) is 0 Å². The first-order valence-electron chi connectivity index (χ1n) is 6.69. The molecule has 0 radical (unpaired) electrons. The van der Waals surface area contributed by atoms with Crippen LogP contribution >= 0.6 is 0 Å². The van der Waals surface area contributed by atoms with E-state index in [1.165, 1.54) is 30.5 Å². The molecule has 9 nitrogen and oxygen atoms in total. The predicted octanol–water partition coefficient (Wildman–Crippen LogP) is -5.51. The number of amides is 1. The van der Waals surface area contributed by atoms with Gasteiger partial charge in [0, 0.05) is 33.2 Å². The average molecular weight is 496 g/mol. The van der Waals surface area contributed by atoms with Crippen molar-refractivity contribution in [1.29, 1.82) is 0 Å². The van der Waals surface area contributed by atoms with Gasteiger partial charge < -0.3 is 14.4 Å². The van der Waals surface area contributed by atoms with E-state index in [9.17, 15) is 34.9 Å².